The number of nitrogens with zero attached hydrogens (tertiary/aromatic N) is 2. The van der Waals surface area contributed by atoms with Gasteiger partial charge in [-0.1, -0.05) is 43.7 Å². The van der Waals surface area contributed by atoms with Gasteiger partial charge >= 0.3 is 5.69 Å². The van der Waals surface area contributed by atoms with E-state index in [0.29, 0.717) is 0 Å². The molecule has 0 saturated carbocycles. The molecule has 84 valence electrons. The van der Waals surface area contributed by atoms with Crippen LogP contribution in [0.3, 0.4) is 0 Å². The van der Waals surface area contributed by atoms with Crippen molar-refractivity contribution in [1.82, 2.24) is 14.8 Å². The summed E-state index contributed by atoms with van der Waals surface area (Å²) in [6.07, 6.45) is 2.05. The molecule has 0 aliphatic heterocycles. The molecule has 16 heavy (non-hydrogen) atoms. The molecule has 1 aromatic heterocycles. The summed E-state index contributed by atoms with van der Waals surface area (Å²) in [5, 5.41) is 6.57. The number of hydrogen-bond acceptors (Lipinski definition) is 2. The summed E-state index contributed by atoms with van der Waals surface area (Å²) in [5.74, 6) is 0.721. The highest BCUT2D eigenvalue weighted by molar-refractivity contribution is 5.54. The average Bonchev–Trinajstić information content (AvgIpc) is 2.69. The van der Waals surface area contributed by atoms with E-state index in [2.05, 4.69) is 17.1 Å². The largest absolute Gasteiger partial charge is 0.343 e. The van der Waals surface area contributed by atoms with E-state index < -0.39 is 0 Å². The maximum absolute atomic E-state index is 11.6. The zero-order chi connectivity index (χ0) is 11.4. The monoisotopic (exact) mass is 217 g/mol. The maximum Gasteiger partial charge on any atom is 0.343 e. The van der Waals surface area contributed by atoms with Crippen LogP contribution in [-0.2, 0) is 6.54 Å². The van der Waals surface area contributed by atoms with Crippen LogP contribution in [-0.4, -0.2) is 14.8 Å². The maximum atomic E-state index is 11.6. The highest BCUT2D eigenvalue weighted by Gasteiger charge is 2.08. The van der Waals surface area contributed by atoms with Gasteiger partial charge in [-0.25, -0.2) is 9.89 Å². The van der Waals surface area contributed by atoms with Crippen molar-refractivity contribution in [2.24, 2.45) is 0 Å². The molecule has 0 unspecified atom stereocenters. The van der Waals surface area contributed by atoms with E-state index >= 15 is 0 Å². The van der Waals surface area contributed by atoms with Crippen LogP contribution >= 0.6 is 0 Å². The van der Waals surface area contributed by atoms with Crippen molar-refractivity contribution in [3.63, 3.8) is 0 Å². The summed E-state index contributed by atoms with van der Waals surface area (Å²) in [6.45, 7) is 2.82. The first kappa shape index (κ1) is 10.7. The molecular formula is C12H15N3O. The fraction of sp³-hybridized carbons (Fsp3) is 0.333. The van der Waals surface area contributed by atoms with Crippen LogP contribution < -0.4 is 5.69 Å². The van der Waals surface area contributed by atoms with E-state index in [1.807, 2.05) is 30.3 Å². The Morgan fingerprint density at radius 1 is 1.31 bits per heavy atom. The second kappa shape index (κ2) is 4.79. The summed E-state index contributed by atoms with van der Waals surface area (Å²) >= 11 is 0. The number of nitrogens with one attached hydrogen (secondary N) is 1. The van der Waals surface area contributed by atoms with E-state index in [1.54, 1.807) is 4.57 Å². The summed E-state index contributed by atoms with van der Waals surface area (Å²) in [4.78, 5) is 11.6. The minimum absolute atomic E-state index is 0.132. The fourth-order valence-electron chi connectivity index (χ4n) is 1.65. The predicted molar refractivity (Wildman–Crippen MR) is 63.2 cm³/mol. The van der Waals surface area contributed by atoms with Crippen molar-refractivity contribution < 1.29 is 0 Å². The number of aromatic nitrogens is 3. The van der Waals surface area contributed by atoms with Crippen molar-refractivity contribution in [1.29, 1.82) is 0 Å². The molecule has 0 aliphatic carbocycles. The summed E-state index contributed by atoms with van der Waals surface area (Å²) in [7, 11) is 0. The Kier molecular flexibility index (Phi) is 3.19. The fourth-order valence-corrected chi connectivity index (χ4v) is 1.65. The molecule has 1 heterocycles. The minimum atomic E-state index is -0.132. The summed E-state index contributed by atoms with van der Waals surface area (Å²) < 4.78 is 1.69. The Labute approximate surface area is 93.9 Å². The molecule has 0 amide bonds. The quantitative estimate of drug-likeness (QED) is 0.852. The molecule has 1 aromatic carbocycles. The predicted octanol–water partition coefficient (Wildman–Crippen LogP) is 2.04. The summed E-state index contributed by atoms with van der Waals surface area (Å²) in [6, 6.07) is 9.75. The second-order valence-corrected chi connectivity index (χ2v) is 3.72. The van der Waals surface area contributed by atoms with Crippen molar-refractivity contribution in [3.8, 4) is 11.4 Å². The number of hydrogen-bond donors (Lipinski definition) is 1. The molecule has 2 aromatic rings. The first-order valence-electron chi connectivity index (χ1n) is 5.53. The Bertz CT molecular complexity index is 498. The van der Waals surface area contributed by atoms with Gasteiger partial charge in [-0.15, -0.1) is 0 Å². The first-order valence-corrected chi connectivity index (χ1v) is 5.53. The highest BCUT2D eigenvalue weighted by atomic mass is 16.1. The van der Waals surface area contributed by atoms with Crippen molar-refractivity contribution in [2.45, 2.75) is 26.3 Å². The molecule has 0 spiro atoms. The zero-order valence-corrected chi connectivity index (χ0v) is 9.31. The number of aromatic amines is 1. The molecule has 0 atom stereocenters. The van der Waals surface area contributed by atoms with Gasteiger partial charge in [0.05, 0.1) is 0 Å². The van der Waals surface area contributed by atoms with E-state index in [1.165, 1.54) is 0 Å². The lowest BCUT2D eigenvalue weighted by Gasteiger charge is -2.04. The van der Waals surface area contributed by atoms with Crippen LogP contribution in [0.15, 0.2) is 35.1 Å². The van der Waals surface area contributed by atoms with Crippen LogP contribution in [0.2, 0.25) is 0 Å². The number of rotatable bonds is 4. The lowest BCUT2D eigenvalue weighted by Crippen LogP contribution is -2.17. The van der Waals surface area contributed by atoms with Crippen LogP contribution in [0.5, 0.6) is 0 Å². The van der Waals surface area contributed by atoms with E-state index in [4.69, 9.17) is 0 Å². The third kappa shape index (κ3) is 2.05. The van der Waals surface area contributed by atoms with Crippen LogP contribution in [0.1, 0.15) is 19.8 Å². The third-order valence-electron chi connectivity index (χ3n) is 2.53. The van der Waals surface area contributed by atoms with Crippen LogP contribution in [0.25, 0.3) is 11.4 Å². The number of unbranched alkanes of at least 4 members (excludes halogenated alkanes) is 1. The topological polar surface area (TPSA) is 50.7 Å². The van der Waals surface area contributed by atoms with Gasteiger partial charge in [0.2, 0.25) is 0 Å². The van der Waals surface area contributed by atoms with E-state index in [9.17, 15) is 4.79 Å². The molecule has 4 nitrogen and oxygen atoms in total. The lowest BCUT2D eigenvalue weighted by atomic mass is 10.2. The number of H-pyrrole nitrogens is 1. The van der Waals surface area contributed by atoms with Gasteiger partial charge in [0.25, 0.3) is 0 Å². The average molecular weight is 217 g/mol. The number of benzene rings is 1. The van der Waals surface area contributed by atoms with Crippen LogP contribution in [0, 0.1) is 0 Å². The van der Waals surface area contributed by atoms with Crippen molar-refractivity contribution in [3.05, 3.63) is 40.8 Å². The molecule has 0 bridgehead atoms. The van der Waals surface area contributed by atoms with Gasteiger partial charge in [0.15, 0.2) is 5.82 Å². The van der Waals surface area contributed by atoms with Crippen molar-refractivity contribution in [2.75, 3.05) is 0 Å². The van der Waals surface area contributed by atoms with Gasteiger partial charge in [0, 0.05) is 12.1 Å². The van der Waals surface area contributed by atoms with Crippen LogP contribution in [0.4, 0.5) is 0 Å². The summed E-state index contributed by atoms with van der Waals surface area (Å²) in [5.41, 5.74) is 0.837. The normalized spacial score (nSPS) is 10.6. The van der Waals surface area contributed by atoms with E-state index in [0.717, 1.165) is 30.8 Å². The molecular weight excluding hydrogens is 202 g/mol. The smallest absolute Gasteiger partial charge is 0.275 e. The van der Waals surface area contributed by atoms with Gasteiger partial charge in [0.1, 0.15) is 0 Å². The first-order chi connectivity index (χ1) is 7.83. The van der Waals surface area contributed by atoms with Gasteiger partial charge in [-0.05, 0) is 6.42 Å². The SMILES string of the molecule is CCCCn1c(-c2ccccc2)n[nH]c1=O. The lowest BCUT2D eigenvalue weighted by molar-refractivity contribution is 0.619. The van der Waals surface area contributed by atoms with Gasteiger partial charge in [-0.3, -0.25) is 4.57 Å². The van der Waals surface area contributed by atoms with Crippen molar-refractivity contribution >= 4 is 0 Å². The molecule has 1 N–H and O–H groups in total. The molecule has 2 rings (SSSR count). The Balaban J connectivity index is 2.38. The molecule has 4 heteroatoms. The molecule has 0 radical (unpaired) electrons. The minimum Gasteiger partial charge on any atom is -0.275 e. The third-order valence-corrected chi connectivity index (χ3v) is 2.53. The highest BCUT2D eigenvalue weighted by Crippen LogP contribution is 2.14. The molecule has 0 aliphatic rings. The Morgan fingerprint density at radius 2 is 2.06 bits per heavy atom. The molecule has 0 saturated heterocycles. The standard InChI is InChI=1S/C12H15N3O/c1-2-3-9-15-11(13-14-12(15)16)10-7-5-4-6-8-10/h4-8H,2-3,9H2,1H3,(H,14,16). The van der Waals surface area contributed by atoms with Gasteiger partial charge < -0.3 is 0 Å². The second-order valence-electron chi connectivity index (χ2n) is 3.72. The Morgan fingerprint density at radius 3 is 2.75 bits per heavy atom. The van der Waals surface area contributed by atoms with Gasteiger partial charge in [-0.2, -0.15) is 5.10 Å². The zero-order valence-electron chi connectivity index (χ0n) is 9.31. The van der Waals surface area contributed by atoms with E-state index in [-0.39, 0.29) is 5.69 Å². The Hall–Kier alpha value is -1.84. The molecule has 0 fully saturated rings.